The predicted molar refractivity (Wildman–Crippen MR) is 62.2 cm³/mol. The van der Waals surface area contributed by atoms with E-state index in [9.17, 15) is 4.79 Å². The molecule has 0 atom stereocenters. The highest BCUT2D eigenvalue weighted by molar-refractivity contribution is 5.90. The Bertz CT molecular complexity index is 424. The van der Waals surface area contributed by atoms with Crippen molar-refractivity contribution in [2.45, 2.75) is 19.8 Å². The molecule has 1 N–H and O–H groups in total. The van der Waals surface area contributed by atoms with Crippen molar-refractivity contribution in [2.24, 2.45) is 0 Å². The highest BCUT2D eigenvalue weighted by Gasteiger charge is 2.13. The first kappa shape index (κ1) is 10.7. The van der Waals surface area contributed by atoms with Gasteiger partial charge in [0.25, 0.3) is 0 Å². The number of aryl methyl sites for hydroxylation is 1. The van der Waals surface area contributed by atoms with E-state index >= 15 is 0 Å². The minimum absolute atomic E-state index is 0.0806. The lowest BCUT2D eigenvalue weighted by atomic mass is 10.1. The summed E-state index contributed by atoms with van der Waals surface area (Å²) in [6, 6.07) is 7.95. The van der Waals surface area contributed by atoms with E-state index in [-0.39, 0.29) is 5.91 Å². The van der Waals surface area contributed by atoms with Crippen LogP contribution in [0, 0.1) is 0 Å². The Labute approximate surface area is 95.1 Å². The quantitative estimate of drug-likeness (QED) is 0.838. The second-order valence-corrected chi connectivity index (χ2v) is 3.79. The molecule has 1 aliphatic rings. The molecule has 1 amide bonds. The maximum Gasteiger partial charge on any atom is 0.247 e. The van der Waals surface area contributed by atoms with Gasteiger partial charge in [0.1, 0.15) is 11.5 Å². The van der Waals surface area contributed by atoms with E-state index in [1.807, 2.05) is 18.2 Å². The van der Waals surface area contributed by atoms with Crippen LogP contribution in [0.15, 0.2) is 36.1 Å². The molecule has 1 heterocycles. The van der Waals surface area contributed by atoms with Crippen molar-refractivity contribution in [1.82, 2.24) is 5.32 Å². The van der Waals surface area contributed by atoms with E-state index in [2.05, 4.69) is 18.3 Å². The molecule has 0 unspecified atom stereocenters. The molecular formula is C13H15NO2. The highest BCUT2D eigenvalue weighted by atomic mass is 16.5. The summed E-state index contributed by atoms with van der Waals surface area (Å²) in [5.41, 5.74) is 1.19. The van der Waals surface area contributed by atoms with Crippen molar-refractivity contribution in [2.75, 3.05) is 6.54 Å². The fourth-order valence-corrected chi connectivity index (χ4v) is 1.71. The van der Waals surface area contributed by atoms with Crippen molar-refractivity contribution in [3.8, 4) is 5.75 Å². The molecule has 1 aromatic rings. The number of rotatable bonds is 4. The van der Waals surface area contributed by atoms with Gasteiger partial charge in [0.2, 0.25) is 5.91 Å². The molecule has 3 heteroatoms. The van der Waals surface area contributed by atoms with Crippen LogP contribution in [0.25, 0.3) is 0 Å². The molecule has 0 fully saturated rings. The van der Waals surface area contributed by atoms with E-state index in [4.69, 9.17) is 4.74 Å². The Hall–Kier alpha value is -1.77. The summed E-state index contributed by atoms with van der Waals surface area (Å²) in [7, 11) is 0. The van der Waals surface area contributed by atoms with Crippen LogP contribution >= 0.6 is 0 Å². The fourth-order valence-electron chi connectivity index (χ4n) is 1.71. The van der Waals surface area contributed by atoms with Crippen LogP contribution in [0.4, 0.5) is 0 Å². The van der Waals surface area contributed by atoms with Gasteiger partial charge < -0.3 is 10.1 Å². The molecule has 0 saturated carbocycles. The minimum atomic E-state index is -0.0806. The highest BCUT2D eigenvalue weighted by Crippen LogP contribution is 2.22. The van der Waals surface area contributed by atoms with Crippen LogP contribution in [-0.4, -0.2) is 12.5 Å². The number of hydrogen-bond donors (Lipinski definition) is 1. The summed E-state index contributed by atoms with van der Waals surface area (Å²) in [4.78, 5) is 11.0. The van der Waals surface area contributed by atoms with Crippen molar-refractivity contribution in [3.63, 3.8) is 0 Å². The average Bonchev–Trinajstić information content (AvgIpc) is 2.67. The third kappa shape index (κ3) is 2.42. The standard InChI is InChI=1S/C13H15NO2/c1-2-5-10-6-3-4-7-12(10)16-11-8-13(15)14-9-11/h3-4,6-8H,2,5,9H2,1H3,(H,14,15). The van der Waals surface area contributed by atoms with Gasteiger partial charge in [0.05, 0.1) is 6.54 Å². The zero-order valence-electron chi connectivity index (χ0n) is 9.32. The van der Waals surface area contributed by atoms with Crippen molar-refractivity contribution in [1.29, 1.82) is 0 Å². The van der Waals surface area contributed by atoms with Crippen LogP contribution < -0.4 is 10.1 Å². The van der Waals surface area contributed by atoms with Gasteiger partial charge in [-0.1, -0.05) is 31.5 Å². The molecule has 16 heavy (non-hydrogen) atoms. The number of nitrogens with one attached hydrogen (secondary N) is 1. The number of para-hydroxylation sites is 1. The largest absolute Gasteiger partial charge is 0.459 e. The van der Waals surface area contributed by atoms with Gasteiger partial charge >= 0.3 is 0 Å². The zero-order valence-corrected chi connectivity index (χ0v) is 9.32. The van der Waals surface area contributed by atoms with E-state index < -0.39 is 0 Å². The average molecular weight is 217 g/mol. The third-order valence-electron chi connectivity index (χ3n) is 2.46. The lowest BCUT2D eigenvalue weighted by molar-refractivity contribution is -0.115. The molecule has 3 nitrogen and oxygen atoms in total. The van der Waals surface area contributed by atoms with Gasteiger partial charge in [-0.2, -0.15) is 0 Å². The molecule has 84 valence electrons. The number of ether oxygens (including phenoxy) is 1. The molecule has 0 aromatic heterocycles. The number of carbonyl (C=O) groups is 1. The van der Waals surface area contributed by atoms with Crippen LogP contribution in [0.2, 0.25) is 0 Å². The minimum Gasteiger partial charge on any atom is -0.459 e. The van der Waals surface area contributed by atoms with E-state index in [0.29, 0.717) is 12.3 Å². The zero-order chi connectivity index (χ0) is 11.4. The smallest absolute Gasteiger partial charge is 0.247 e. The fraction of sp³-hybridized carbons (Fsp3) is 0.308. The maximum atomic E-state index is 11.0. The van der Waals surface area contributed by atoms with Gasteiger partial charge in [-0.25, -0.2) is 0 Å². The van der Waals surface area contributed by atoms with Gasteiger partial charge in [-0.3, -0.25) is 4.79 Å². The summed E-state index contributed by atoms with van der Waals surface area (Å²) >= 11 is 0. The maximum absolute atomic E-state index is 11.0. The molecule has 0 radical (unpaired) electrons. The van der Waals surface area contributed by atoms with E-state index in [0.717, 1.165) is 18.6 Å². The van der Waals surface area contributed by atoms with Gasteiger partial charge in [0.15, 0.2) is 0 Å². The Morgan fingerprint density at radius 3 is 2.88 bits per heavy atom. The molecule has 2 rings (SSSR count). The third-order valence-corrected chi connectivity index (χ3v) is 2.46. The SMILES string of the molecule is CCCc1ccccc1OC1=CC(=O)NC1. The lowest BCUT2D eigenvalue weighted by Crippen LogP contribution is -2.16. The molecule has 0 bridgehead atoms. The molecular weight excluding hydrogens is 202 g/mol. The van der Waals surface area contributed by atoms with Gasteiger partial charge in [0, 0.05) is 6.08 Å². The van der Waals surface area contributed by atoms with Gasteiger partial charge in [-0.05, 0) is 18.1 Å². The number of amides is 1. The molecule has 1 aromatic carbocycles. The Morgan fingerprint density at radius 1 is 1.38 bits per heavy atom. The first-order valence-corrected chi connectivity index (χ1v) is 5.53. The van der Waals surface area contributed by atoms with Crippen molar-refractivity contribution in [3.05, 3.63) is 41.7 Å². The number of carbonyl (C=O) groups excluding carboxylic acids is 1. The predicted octanol–water partition coefficient (Wildman–Crippen LogP) is 2.03. The van der Waals surface area contributed by atoms with E-state index in [1.165, 1.54) is 11.6 Å². The van der Waals surface area contributed by atoms with Crippen LogP contribution in [0.5, 0.6) is 5.75 Å². The van der Waals surface area contributed by atoms with Crippen molar-refractivity contribution < 1.29 is 9.53 Å². The van der Waals surface area contributed by atoms with E-state index in [1.54, 1.807) is 0 Å². The monoisotopic (exact) mass is 217 g/mol. The summed E-state index contributed by atoms with van der Waals surface area (Å²) in [5, 5.41) is 2.68. The first-order valence-electron chi connectivity index (χ1n) is 5.53. The topological polar surface area (TPSA) is 38.3 Å². The summed E-state index contributed by atoms with van der Waals surface area (Å²) in [5.74, 6) is 1.46. The van der Waals surface area contributed by atoms with Crippen molar-refractivity contribution >= 4 is 5.91 Å². The molecule has 0 spiro atoms. The van der Waals surface area contributed by atoms with Gasteiger partial charge in [-0.15, -0.1) is 0 Å². The number of benzene rings is 1. The number of hydrogen-bond acceptors (Lipinski definition) is 2. The first-order chi connectivity index (χ1) is 7.79. The summed E-state index contributed by atoms with van der Waals surface area (Å²) in [6.45, 7) is 2.62. The molecule has 1 aliphatic heterocycles. The molecule has 0 aliphatic carbocycles. The van der Waals surface area contributed by atoms with Crippen LogP contribution in [-0.2, 0) is 11.2 Å². The van der Waals surface area contributed by atoms with Crippen LogP contribution in [0.3, 0.4) is 0 Å². The Balaban J connectivity index is 2.14. The summed E-state index contributed by atoms with van der Waals surface area (Å²) in [6.07, 6.45) is 3.57. The normalized spacial score (nSPS) is 14.6. The Kier molecular flexibility index (Phi) is 3.25. The van der Waals surface area contributed by atoms with Crippen LogP contribution in [0.1, 0.15) is 18.9 Å². The lowest BCUT2D eigenvalue weighted by Gasteiger charge is -2.10. The second kappa shape index (κ2) is 4.84. The summed E-state index contributed by atoms with van der Waals surface area (Å²) < 4.78 is 5.71. The Morgan fingerprint density at radius 2 is 2.19 bits per heavy atom. The molecule has 0 saturated heterocycles. The second-order valence-electron chi connectivity index (χ2n) is 3.79.